The van der Waals surface area contributed by atoms with Crippen LogP contribution in [0.5, 0.6) is 5.75 Å². The second kappa shape index (κ2) is 4.89. The number of aromatic nitrogens is 2. The lowest BCUT2D eigenvalue weighted by atomic mass is 10.1. The number of hydrogen-bond donors (Lipinski definition) is 1. The molecule has 2 N–H and O–H groups in total. The van der Waals surface area contributed by atoms with Crippen molar-refractivity contribution in [1.82, 2.24) is 9.38 Å². The molecule has 0 spiro atoms. The summed E-state index contributed by atoms with van der Waals surface area (Å²) < 4.78 is 7.29. The van der Waals surface area contributed by atoms with Crippen molar-refractivity contribution in [2.45, 2.75) is 13.3 Å². The molecule has 0 bridgehead atoms. The predicted molar refractivity (Wildman–Crippen MR) is 80.1 cm³/mol. The summed E-state index contributed by atoms with van der Waals surface area (Å²) in [6.45, 7) is 2.05. The molecule has 0 aliphatic carbocycles. The van der Waals surface area contributed by atoms with Crippen molar-refractivity contribution in [3.63, 3.8) is 0 Å². The first kappa shape index (κ1) is 12.5. The fourth-order valence-corrected chi connectivity index (χ4v) is 2.37. The van der Waals surface area contributed by atoms with Crippen LogP contribution >= 0.6 is 0 Å². The average Bonchev–Trinajstić information content (AvgIpc) is 2.75. The van der Waals surface area contributed by atoms with Gasteiger partial charge >= 0.3 is 0 Å². The van der Waals surface area contributed by atoms with Gasteiger partial charge in [0.25, 0.3) is 0 Å². The van der Waals surface area contributed by atoms with Crippen molar-refractivity contribution >= 4 is 11.5 Å². The minimum Gasteiger partial charge on any atom is -0.496 e. The summed E-state index contributed by atoms with van der Waals surface area (Å²) in [7, 11) is 1.68. The van der Waals surface area contributed by atoms with E-state index in [4.69, 9.17) is 10.5 Å². The van der Waals surface area contributed by atoms with Crippen LogP contribution in [-0.4, -0.2) is 16.5 Å². The smallest absolute Gasteiger partial charge is 0.138 e. The number of fused-ring (bicyclic) bond motifs is 1. The van der Waals surface area contributed by atoms with E-state index in [2.05, 4.69) is 4.98 Å². The van der Waals surface area contributed by atoms with Crippen molar-refractivity contribution in [3.05, 3.63) is 59.4 Å². The number of nitrogens with zero attached hydrogens (tertiary/aromatic N) is 2. The lowest BCUT2D eigenvalue weighted by Gasteiger charge is -2.06. The van der Waals surface area contributed by atoms with Crippen molar-refractivity contribution in [2.24, 2.45) is 0 Å². The van der Waals surface area contributed by atoms with Crippen molar-refractivity contribution in [3.8, 4) is 5.75 Å². The first-order chi connectivity index (χ1) is 9.69. The lowest BCUT2D eigenvalue weighted by molar-refractivity contribution is 0.410. The maximum absolute atomic E-state index is 6.19. The number of para-hydroxylation sites is 1. The van der Waals surface area contributed by atoms with Gasteiger partial charge in [0.05, 0.1) is 12.8 Å². The first-order valence-corrected chi connectivity index (χ1v) is 6.54. The number of hydrogen-bond acceptors (Lipinski definition) is 3. The van der Waals surface area contributed by atoms with E-state index in [0.717, 1.165) is 22.7 Å². The molecule has 4 nitrogen and oxygen atoms in total. The third-order valence-electron chi connectivity index (χ3n) is 3.45. The maximum atomic E-state index is 6.19. The average molecular weight is 267 g/mol. The molecule has 0 unspecified atom stereocenters. The molecule has 20 heavy (non-hydrogen) atoms. The van der Waals surface area contributed by atoms with E-state index < -0.39 is 0 Å². The standard InChI is InChI=1S/C16H17N3O/c1-11-7-8-19-15(9-11)18-13(16(19)17)10-12-5-3-4-6-14(12)20-2/h3-9H,10,17H2,1-2H3. The number of methoxy groups -OCH3 is 1. The quantitative estimate of drug-likeness (QED) is 0.794. The molecule has 2 heterocycles. The van der Waals surface area contributed by atoms with Gasteiger partial charge in [0, 0.05) is 18.2 Å². The van der Waals surface area contributed by atoms with Crippen LogP contribution in [0.3, 0.4) is 0 Å². The van der Waals surface area contributed by atoms with E-state index in [1.54, 1.807) is 7.11 Å². The van der Waals surface area contributed by atoms with Crippen LogP contribution in [-0.2, 0) is 6.42 Å². The third-order valence-corrected chi connectivity index (χ3v) is 3.45. The molecule has 3 rings (SSSR count). The summed E-state index contributed by atoms with van der Waals surface area (Å²) in [5, 5.41) is 0. The maximum Gasteiger partial charge on any atom is 0.138 e. The molecular formula is C16H17N3O. The van der Waals surface area contributed by atoms with Crippen LogP contribution in [0.4, 0.5) is 5.82 Å². The Morgan fingerprint density at radius 3 is 2.85 bits per heavy atom. The Hall–Kier alpha value is -2.49. The Morgan fingerprint density at radius 2 is 2.05 bits per heavy atom. The van der Waals surface area contributed by atoms with Gasteiger partial charge in [-0.1, -0.05) is 18.2 Å². The number of benzene rings is 1. The first-order valence-electron chi connectivity index (χ1n) is 6.54. The van der Waals surface area contributed by atoms with Crippen LogP contribution in [0.2, 0.25) is 0 Å². The number of nitrogen functional groups attached to an aromatic ring is 1. The van der Waals surface area contributed by atoms with Crippen molar-refractivity contribution in [2.75, 3.05) is 12.8 Å². The molecular weight excluding hydrogens is 250 g/mol. The molecule has 102 valence electrons. The van der Waals surface area contributed by atoms with Crippen LogP contribution in [0.15, 0.2) is 42.6 Å². The minimum atomic E-state index is 0.663. The van der Waals surface area contributed by atoms with Crippen LogP contribution in [0, 0.1) is 6.92 Å². The zero-order chi connectivity index (χ0) is 14.1. The fourth-order valence-electron chi connectivity index (χ4n) is 2.37. The number of imidazole rings is 1. The van der Waals surface area contributed by atoms with E-state index in [1.165, 1.54) is 5.56 Å². The predicted octanol–water partition coefficient (Wildman–Crippen LogP) is 2.82. The zero-order valence-electron chi connectivity index (χ0n) is 11.6. The molecule has 0 amide bonds. The molecule has 0 aliphatic rings. The zero-order valence-corrected chi connectivity index (χ0v) is 11.6. The van der Waals surface area contributed by atoms with Crippen LogP contribution < -0.4 is 10.5 Å². The second-order valence-electron chi connectivity index (χ2n) is 4.86. The molecule has 3 aromatic rings. The van der Waals surface area contributed by atoms with E-state index >= 15 is 0 Å². The van der Waals surface area contributed by atoms with E-state index in [1.807, 2.05) is 53.9 Å². The number of ether oxygens (including phenoxy) is 1. The monoisotopic (exact) mass is 267 g/mol. The molecule has 2 aromatic heterocycles. The molecule has 0 fully saturated rings. The molecule has 1 aromatic carbocycles. The normalized spacial score (nSPS) is 10.9. The van der Waals surface area contributed by atoms with Gasteiger partial charge in [0.2, 0.25) is 0 Å². The molecule has 0 saturated carbocycles. The number of anilines is 1. The van der Waals surface area contributed by atoms with Gasteiger partial charge in [-0.2, -0.15) is 0 Å². The number of aryl methyl sites for hydroxylation is 1. The number of rotatable bonds is 3. The second-order valence-corrected chi connectivity index (χ2v) is 4.86. The van der Waals surface area contributed by atoms with Crippen molar-refractivity contribution in [1.29, 1.82) is 0 Å². The summed E-state index contributed by atoms with van der Waals surface area (Å²) in [5.74, 6) is 1.55. The van der Waals surface area contributed by atoms with Crippen LogP contribution in [0.1, 0.15) is 16.8 Å². The van der Waals surface area contributed by atoms with Crippen LogP contribution in [0.25, 0.3) is 5.65 Å². The lowest BCUT2D eigenvalue weighted by Crippen LogP contribution is -1.99. The fraction of sp³-hybridized carbons (Fsp3) is 0.188. The summed E-state index contributed by atoms with van der Waals surface area (Å²) in [6.07, 6.45) is 2.62. The van der Waals surface area contributed by atoms with Gasteiger partial charge in [-0.05, 0) is 30.7 Å². The molecule has 4 heteroatoms. The van der Waals surface area contributed by atoms with Gasteiger partial charge in [-0.15, -0.1) is 0 Å². The Labute approximate surface area is 117 Å². The summed E-state index contributed by atoms with van der Waals surface area (Å²) >= 11 is 0. The highest BCUT2D eigenvalue weighted by molar-refractivity contribution is 5.55. The highest BCUT2D eigenvalue weighted by atomic mass is 16.5. The van der Waals surface area contributed by atoms with E-state index in [0.29, 0.717) is 12.2 Å². The number of nitrogens with two attached hydrogens (primary N) is 1. The molecule has 0 aliphatic heterocycles. The Kier molecular flexibility index (Phi) is 3.06. The Balaban J connectivity index is 2.04. The Morgan fingerprint density at radius 1 is 1.25 bits per heavy atom. The summed E-state index contributed by atoms with van der Waals surface area (Å²) in [5.41, 5.74) is 10.2. The Bertz CT molecular complexity index is 762. The van der Waals surface area contributed by atoms with Crippen molar-refractivity contribution < 1.29 is 4.74 Å². The van der Waals surface area contributed by atoms with Gasteiger partial charge in [-0.3, -0.25) is 4.40 Å². The van der Waals surface area contributed by atoms with Gasteiger partial charge in [-0.25, -0.2) is 4.98 Å². The number of pyridine rings is 1. The summed E-state index contributed by atoms with van der Waals surface area (Å²) in [4.78, 5) is 4.63. The molecule has 0 saturated heterocycles. The van der Waals surface area contributed by atoms with Gasteiger partial charge in [0.1, 0.15) is 17.2 Å². The molecule has 0 radical (unpaired) electrons. The largest absolute Gasteiger partial charge is 0.496 e. The highest BCUT2D eigenvalue weighted by Gasteiger charge is 2.12. The summed E-state index contributed by atoms with van der Waals surface area (Å²) in [6, 6.07) is 12.0. The minimum absolute atomic E-state index is 0.663. The SMILES string of the molecule is COc1ccccc1Cc1nc2cc(C)ccn2c1N. The van der Waals surface area contributed by atoms with E-state index in [-0.39, 0.29) is 0 Å². The van der Waals surface area contributed by atoms with Gasteiger partial charge in [0.15, 0.2) is 0 Å². The third kappa shape index (κ3) is 2.09. The topological polar surface area (TPSA) is 52.5 Å². The van der Waals surface area contributed by atoms with Gasteiger partial charge < -0.3 is 10.5 Å². The highest BCUT2D eigenvalue weighted by Crippen LogP contribution is 2.24. The molecule has 0 atom stereocenters. The van der Waals surface area contributed by atoms with E-state index in [9.17, 15) is 0 Å².